The zero-order chi connectivity index (χ0) is 6.41. The first-order valence-corrected chi connectivity index (χ1v) is 4.45. The van der Waals surface area contributed by atoms with Crippen LogP contribution in [0.1, 0.15) is 6.92 Å². The quantitative estimate of drug-likeness (QED) is 0.450. The summed E-state index contributed by atoms with van der Waals surface area (Å²) in [5, 5.41) is 3.22. The standard InChI is InChI=1S/C6H13NP/c1-4-6-7-8(3)5-2/h4,7H,1,3,5-6H2,2H3/q+1. The summed E-state index contributed by atoms with van der Waals surface area (Å²) in [7, 11) is -0.155. The summed E-state index contributed by atoms with van der Waals surface area (Å²) in [6, 6.07) is 0. The molecule has 0 heterocycles. The second-order valence-electron chi connectivity index (χ2n) is 1.51. The highest BCUT2D eigenvalue weighted by Gasteiger charge is 1.95. The first-order chi connectivity index (χ1) is 3.81. The Morgan fingerprint density at radius 1 is 1.75 bits per heavy atom. The lowest BCUT2D eigenvalue weighted by Crippen LogP contribution is -2.02. The van der Waals surface area contributed by atoms with Crippen LogP contribution >= 0.6 is 7.70 Å². The van der Waals surface area contributed by atoms with Crippen LogP contribution in [0, 0.1) is 0 Å². The van der Waals surface area contributed by atoms with Crippen molar-refractivity contribution in [3.63, 3.8) is 0 Å². The summed E-state index contributed by atoms with van der Waals surface area (Å²) in [5.74, 6) is 0. The molecule has 1 unspecified atom stereocenters. The van der Waals surface area contributed by atoms with Crippen LogP contribution in [0.3, 0.4) is 0 Å². The van der Waals surface area contributed by atoms with Crippen molar-refractivity contribution in [1.29, 1.82) is 0 Å². The first-order valence-electron chi connectivity index (χ1n) is 2.73. The minimum atomic E-state index is -0.155. The van der Waals surface area contributed by atoms with E-state index in [4.69, 9.17) is 0 Å². The molecule has 46 valence electrons. The molecular formula is C6H13NP+. The van der Waals surface area contributed by atoms with E-state index < -0.39 is 0 Å². The SMILES string of the molecule is C=CCN[P+](=C)CC. The Kier molecular flexibility index (Phi) is 4.93. The van der Waals surface area contributed by atoms with Crippen molar-refractivity contribution in [3.8, 4) is 0 Å². The summed E-state index contributed by atoms with van der Waals surface area (Å²) in [5.41, 5.74) is 0. The second kappa shape index (κ2) is 5.02. The fourth-order valence-corrected chi connectivity index (χ4v) is 0.916. The molecule has 1 N–H and O–H groups in total. The van der Waals surface area contributed by atoms with Crippen molar-refractivity contribution in [1.82, 2.24) is 5.09 Å². The van der Waals surface area contributed by atoms with Crippen LogP contribution in [0.25, 0.3) is 0 Å². The summed E-state index contributed by atoms with van der Waals surface area (Å²) >= 11 is 0. The van der Waals surface area contributed by atoms with Crippen LogP contribution < -0.4 is 5.09 Å². The molecule has 0 aliphatic rings. The molecule has 0 saturated carbocycles. The highest BCUT2D eigenvalue weighted by molar-refractivity contribution is 7.53. The fourth-order valence-electron chi connectivity index (χ4n) is 0.305. The molecule has 0 aromatic rings. The van der Waals surface area contributed by atoms with Gasteiger partial charge in [-0.1, -0.05) is 6.08 Å². The molecule has 0 saturated heterocycles. The van der Waals surface area contributed by atoms with Crippen LogP contribution in [0.4, 0.5) is 0 Å². The zero-order valence-electron chi connectivity index (χ0n) is 5.35. The number of hydrogen-bond donors (Lipinski definition) is 1. The summed E-state index contributed by atoms with van der Waals surface area (Å²) in [6.07, 6.45) is 6.90. The second-order valence-corrected chi connectivity index (χ2v) is 3.54. The van der Waals surface area contributed by atoms with Gasteiger partial charge in [0.05, 0.1) is 12.8 Å². The number of hydrogen-bond acceptors (Lipinski definition) is 1. The first kappa shape index (κ1) is 7.87. The molecule has 0 amide bonds. The normalized spacial score (nSPS) is 10.9. The van der Waals surface area contributed by atoms with E-state index in [2.05, 4.69) is 24.9 Å². The van der Waals surface area contributed by atoms with E-state index in [1.54, 1.807) is 0 Å². The van der Waals surface area contributed by atoms with Gasteiger partial charge in [0.15, 0.2) is 7.70 Å². The third-order valence-corrected chi connectivity index (χ3v) is 2.23. The van der Waals surface area contributed by atoms with E-state index in [0.29, 0.717) is 0 Å². The Morgan fingerprint density at radius 3 is 2.75 bits per heavy atom. The molecule has 0 radical (unpaired) electrons. The van der Waals surface area contributed by atoms with Gasteiger partial charge in [-0.25, -0.2) is 0 Å². The predicted octanol–water partition coefficient (Wildman–Crippen LogP) is 1.61. The van der Waals surface area contributed by atoms with Crippen molar-refractivity contribution in [2.24, 2.45) is 0 Å². The minimum Gasteiger partial charge on any atom is -0.141 e. The van der Waals surface area contributed by atoms with Crippen molar-refractivity contribution in [3.05, 3.63) is 12.7 Å². The predicted molar refractivity (Wildman–Crippen MR) is 42.8 cm³/mol. The van der Waals surface area contributed by atoms with Gasteiger partial charge in [0, 0.05) is 0 Å². The van der Waals surface area contributed by atoms with E-state index in [-0.39, 0.29) is 7.70 Å². The van der Waals surface area contributed by atoms with Gasteiger partial charge < -0.3 is 0 Å². The minimum absolute atomic E-state index is 0.155. The van der Waals surface area contributed by atoms with Crippen molar-refractivity contribution >= 4 is 14.0 Å². The van der Waals surface area contributed by atoms with Gasteiger partial charge in [0.25, 0.3) is 0 Å². The fraction of sp³-hybridized carbons (Fsp3) is 0.500. The summed E-state index contributed by atoms with van der Waals surface area (Å²) in [4.78, 5) is 0. The van der Waals surface area contributed by atoms with E-state index in [9.17, 15) is 0 Å². The molecule has 0 rings (SSSR count). The van der Waals surface area contributed by atoms with Crippen LogP contribution in [0.5, 0.6) is 0 Å². The molecular weight excluding hydrogens is 117 g/mol. The molecule has 0 aromatic carbocycles. The highest BCUT2D eigenvalue weighted by atomic mass is 31.1. The monoisotopic (exact) mass is 130 g/mol. The maximum absolute atomic E-state index is 3.90. The topological polar surface area (TPSA) is 12.0 Å². The maximum Gasteiger partial charge on any atom is 0.174 e. The van der Waals surface area contributed by atoms with Gasteiger partial charge in [-0.3, -0.25) is 0 Å². The third kappa shape index (κ3) is 4.04. The molecule has 0 aliphatic heterocycles. The maximum atomic E-state index is 3.90. The van der Waals surface area contributed by atoms with Crippen LogP contribution in [0.15, 0.2) is 12.7 Å². The Labute approximate surface area is 52.2 Å². The number of rotatable bonds is 4. The lowest BCUT2D eigenvalue weighted by atomic mass is 10.7. The van der Waals surface area contributed by atoms with E-state index in [1.165, 1.54) is 0 Å². The molecule has 0 fully saturated rings. The lowest BCUT2D eigenvalue weighted by molar-refractivity contribution is 1.11. The van der Waals surface area contributed by atoms with Gasteiger partial charge in [-0.05, 0) is 6.92 Å². The third-order valence-electron chi connectivity index (χ3n) is 0.841. The van der Waals surface area contributed by atoms with E-state index >= 15 is 0 Å². The molecule has 0 aliphatic carbocycles. The Bertz CT molecular complexity index is 88.5. The molecule has 0 spiro atoms. The van der Waals surface area contributed by atoms with Gasteiger partial charge in [-0.15, -0.1) is 11.7 Å². The van der Waals surface area contributed by atoms with Crippen molar-refractivity contribution in [2.75, 3.05) is 12.7 Å². The van der Waals surface area contributed by atoms with Crippen molar-refractivity contribution in [2.45, 2.75) is 6.92 Å². The molecule has 1 nitrogen and oxygen atoms in total. The van der Waals surface area contributed by atoms with Crippen molar-refractivity contribution < 1.29 is 0 Å². The summed E-state index contributed by atoms with van der Waals surface area (Å²) < 4.78 is 0. The molecule has 8 heavy (non-hydrogen) atoms. The van der Waals surface area contributed by atoms with Gasteiger partial charge in [-0.2, -0.15) is 0 Å². The smallest absolute Gasteiger partial charge is 0.141 e. The van der Waals surface area contributed by atoms with Gasteiger partial charge in [0.1, 0.15) is 6.16 Å². The average molecular weight is 130 g/mol. The largest absolute Gasteiger partial charge is 0.174 e. The molecule has 1 atom stereocenters. The molecule has 0 aromatic heterocycles. The highest BCUT2D eigenvalue weighted by Crippen LogP contribution is 2.09. The molecule has 0 bridgehead atoms. The van der Waals surface area contributed by atoms with E-state index in [1.807, 2.05) is 6.08 Å². The zero-order valence-corrected chi connectivity index (χ0v) is 6.25. The summed E-state index contributed by atoms with van der Waals surface area (Å²) in [6.45, 7) is 6.61. The Morgan fingerprint density at radius 2 is 2.38 bits per heavy atom. The average Bonchev–Trinajstić information content (AvgIpc) is 1.83. The Balaban J connectivity index is 3.11. The van der Waals surface area contributed by atoms with Gasteiger partial charge >= 0.3 is 0 Å². The van der Waals surface area contributed by atoms with Crippen LogP contribution in [-0.2, 0) is 0 Å². The molecule has 2 heteroatoms. The van der Waals surface area contributed by atoms with Crippen LogP contribution in [-0.4, -0.2) is 19.0 Å². The number of nitrogens with one attached hydrogen (secondary N) is 1. The van der Waals surface area contributed by atoms with Crippen LogP contribution in [0.2, 0.25) is 0 Å². The van der Waals surface area contributed by atoms with Gasteiger partial charge in [0.2, 0.25) is 0 Å². The lowest BCUT2D eigenvalue weighted by Gasteiger charge is -1.86. The Hall–Kier alpha value is -0.130. The van der Waals surface area contributed by atoms with E-state index in [0.717, 1.165) is 12.7 Å².